The summed E-state index contributed by atoms with van der Waals surface area (Å²) in [5.74, 6) is 0. The zero-order valence-electron chi connectivity index (χ0n) is 11.7. The molecule has 2 aliphatic rings. The Morgan fingerprint density at radius 3 is 2.53 bits per heavy atom. The quantitative estimate of drug-likeness (QED) is 0.830. The van der Waals surface area contributed by atoms with Crippen LogP contribution in [0.2, 0.25) is 0 Å². The van der Waals surface area contributed by atoms with Crippen LogP contribution in [0.15, 0.2) is 0 Å². The SMILES string of the molecule is CC(C)N1CCC(N2CCCNCC2C(F)(F)F)C1. The fourth-order valence-electron chi connectivity index (χ4n) is 3.15. The smallest absolute Gasteiger partial charge is 0.315 e. The van der Waals surface area contributed by atoms with Crippen LogP contribution in [-0.2, 0) is 0 Å². The van der Waals surface area contributed by atoms with Gasteiger partial charge in [-0.2, -0.15) is 13.2 Å². The molecule has 0 bridgehead atoms. The molecule has 0 aliphatic carbocycles. The van der Waals surface area contributed by atoms with Gasteiger partial charge in [-0.05, 0) is 33.2 Å². The minimum atomic E-state index is -4.14. The number of alkyl halides is 3. The number of halogens is 3. The van der Waals surface area contributed by atoms with E-state index in [2.05, 4.69) is 24.1 Å². The highest BCUT2D eigenvalue weighted by molar-refractivity contribution is 4.92. The van der Waals surface area contributed by atoms with Crippen LogP contribution in [-0.4, -0.2) is 66.8 Å². The molecule has 2 fully saturated rings. The van der Waals surface area contributed by atoms with Crippen molar-refractivity contribution in [3.05, 3.63) is 0 Å². The van der Waals surface area contributed by atoms with E-state index < -0.39 is 12.2 Å². The molecule has 6 heteroatoms. The molecule has 0 saturated carbocycles. The first kappa shape index (κ1) is 15.1. The van der Waals surface area contributed by atoms with Crippen LogP contribution in [0.25, 0.3) is 0 Å². The van der Waals surface area contributed by atoms with E-state index in [1.54, 1.807) is 4.90 Å². The lowest BCUT2D eigenvalue weighted by molar-refractivity contribution is -0.186. The maximum atomic E-state index is 13.2. The maximum absolute atomic E-state index is 13.2. The number of rotatable bonds is 2. The van der Waals surface area contributed by atoms with Gasteiger partial charge in [0.05, 0.1) is 0 Å². The summed E-state index contributed by atoms with van der Waals surface area (Å²) in [5.41, 5.74) is 0. The number of nitrogens with one attached hydrogen (secondary N) is 1. The first-order valence-electron chi connectivity index (χ1n) is 7.17. The number of hydrogen-bond donors (Lipinski definition) is 1. The number of nitrogens with zero attached hydrogens (tertiary/aromatic N) is 2. The second-order valence-corrected chi connectivity index (χ2v) is 5.88. The van der Waals surface area contributed by atoms with Gasteiger partial charge in [0.25, 0.3) is 0 Å². The minimum absolute atomic E-state index is 0.0294. The Bertz CT molecular complexity index is 293. The largest absolute Gasteiger partial charge is 0.405 e. The highest BCUT2D eigenvalue weighted by Crippen LogP contribution is 2.30. The zero-order valence-corrected chi connectivity index (χ0v) is 11.7. The summed E-state index contributed by atoms with van der Waals surface area (Å²) in [6, 6.07) is -0.861. The molecule has 0 spiro atoms. The topological polar surface area (TPSA) is 18.5 Å². The van der Waals surface area contributed by atoms with Gasteiger partial charge in [-0.25, -0.2) is 0 Å². The normalized spacial score (nSPS) is 31.9. The van der Waals surface area contributed by atoms with Gasteiger partial charge in [0.15, 0.2) is 0 Å². The molecule has 0 radical (unpaired) electrons. The van der Waals surface area contributed by atoms with Crippen molar-refractivity contribution >= 4 is 0 Å². The Labute approximate surface area is 113 Å². The Morgan fingerprint density at radius 1 is 1.21 bits per heavy atom. The van der Waals surface area contributed by atoms with E-state index in [1.165, 1.54) is 0 Å². The molecule has 112 valence electrons. The molecule has 2 aliphatic heterocycles. The highest BCUT2D eigenvalue weighted by Gasteiger charge is 2.47. The van der Waals surface area contributed by atoms with Gasteiger partial charge in [0.1, 0.15) is 6.04 Å². The third kappa shape index (κ3) is 3.61. The third-order valence-electron chi connectivity index (χ3n) is 4.28. The Balaban J connectivity index is 2.06. The third-order valence-corrected chi connectivity index (χ3v) is 4.28. The van der Waals surface area contributed by atoms with Crippen LogP contribution in [0.5, 0.6) is 0 Å². The van der Waals surface area contributed by atoms with Crippen molar-refractivity contribution in [3.63, 3.8) is 0 Å². The molecule has 1 N–H and O–H groups in total. The second kappa shape index (κ2) is 5.97. The number of likely N-dealkylation sites (tertiary alicyclic amines) is 1. The van der Waals surface area contributed by atoms with E-state index in [4.69, 9.17) is 0 Å². The van der Waals surface area contributed by atoms with E-state index in [9.17, 15) is 13.2 Å². The van der Waals surface area contributed by atoms with Crippen LogP contribution in [0, 0.1) is 0 Å². The molecule has 0 aromatic heterocycles. The van der Waals surface area contributed by atoms with Crippen molar-refractivity contribution < 1.29 is 13.2 Å². The van der Waals surface area contributed by atoms with Gasteiger partial charge in [-0.15, -0.1) is 0 Å². The summed E-state index contributed by atoms with van der Waals surface area (Å²) in [5, 5.41) is 2.92. The average molecular weight is 279 g/mol. The summed E-state index contributed by atoms with van der Waals surface area (Å²) >= 11 is 0. The van der Waals surface area contributed by atoms with Gasteiger partial charge in [0, 0.05) is 38.3 Å². The van der Waals surface area contributed by atoms with Crippen molar-refractivity contribution in [3.8, 4) is 0 Å². The molecule has 2 saturated heterocycles. The maximum Gasteiger partial charge on any atom is 0.405 e. The first-order valence-corrected chi connectivity index (χ1v) is 7.17. The van der Waals surface area contributed by atoms with Crippen molar-refractivity contribution in [2.45, 2.75) is 51.0 Å². The van der Waals surface area contributed by atoms with Gasteiger partial charge >= 0.3 is 6.18 Å². The summed E-state index contributed by atoms with van der Waals surface area (Å²) in [7, 11) is 0. The highest BCUT2D eigenvalue weighted by atomic mass is 19.4. The summed E-state index contributed by atoms with van der Waals surface area (Å²) in [6.07, 6.45) is -2.49. The fraction of sp³-hybridized carbons (Fsp3) is 1.00. The van der Waals surface area contributed by atoms with E-state index in [-0.39, 0.29) is 12.6 Å². The predicted molar refractivity (Wildman–Crippen MR) is 69.1 cm³/mol. The van der Waals surface area contributed by atoms with Crippen LogP contribution >= 0.6 is 0 Å². The molecular weight excluding hydrogens is 255 g/mol. The molecule has 2 rings (SSSR count). The van der Waals surface area contributed by atoms with Crippen LogP contribution < -0.4 is 5.32 Å². The Hall–Kier alpha value is -0.330. The summed E-state index contributed by atoms with van der Waals surface area (Å²) in [4.78, 5) is 3.97. The average Bonchev–Trinajstić information content (AvgIpc) is 2.65. The van der Waals surface area contributed by atoms with E-state index >= 15 is 0 Å². The standard InChI is InChI=1S/C13H24F3N3/c1-10(2)18-7-4-11(9-18)19-6-3-5-17-8-12(19)13(14,15)16/h10-12,17H,3-9H2,1-2H3. The molecule has 0 aromatic rings. The molecule has 3 nitrogen and oxygen atoms in total. The lowest BCUT2D eigenvalue weighted by Gasteiger charge is -2.36. The molecule has 2 heterocycles. The van der Waals surface area contributed by atoms with Crippen molar-refractivity contribution in [1.29, 1.82) is 0 Å². The summed E-state index contributed by atoms with van der Waals surface area (Å²) in [6.45, 7) is 7.15. The van der Waals surface area contributed by atoms with Crippen LogP contribution in [0.3, 0.4) is 0 Å². The van der Waals surface area contributed by atoms with E-state index in [0.29, 0.717) is 19.1 Å². The van der Waals surface area contributed by atoms with E-state index in [0.717, 1.165) is 25.9 Å². The van der Waals surface area contributed by atoms with Crippen molar-refractivity contribution in [2.24, 2.45) is 0 Å². The van der Waals surface area contributed by atoms with Crippen molar-refractivity contribution in [1.82, 2.24) is 15.1 Å². The lowest BCUT2D eigenvalue weighted by Crippen LogP contribution is -2.54. The Morgan fingerprint density at radius 2 is 1.95 bits per heavy atom. The van der Waals surface area contributed by atoms with Crippen LogP contribution in [0.4, 0.5) is 13.2 Å². The predicted octanol–water partition coefficient (Wildman–Crippen LogP) is 1.70. The molecule has 0 aromatic carbocycles. The molecule has 2 unspecified atom stereocenters. The van der Waals surface area contributed by atoms with Crippen molar-refractivity contribution in [2.75, 3.05) is 32.7 Å². The summed E-state index contributed by atoms with van der Waals surface area (Å²) < 4.78 is 39.6. The van der Waals surface area contributed by atoms with E-state index in [1.807, 2.05) is 0 Å². The first-order chi connectivity index (χ1) is 8.89. The van der Waals surface area contributed by atoms with Gasteiger partial charge in [0.2, 0.25) is 0 Å². The van der Waals surface area contributed by atoms with Crippen LogP contribution in [0.1, 0.15) is 26.7 Å². The van der Waals surface area contributed by atoms with Gasteiger partial charge in [-0.1, -0.05) is 0 Å². The minimum Gasteiger partial charge on any atom is -0.315 e. The lowest BCUT2D eigenvalue weighted by atomic mass is 10.1. The molecule has 0 amide bonds. The molecule has 2 atom stereocenters. The monoisotopic (exact) mass is 279 g/mol. The van der Waals surface area contributed by atoms with Gasteiger partial charge in [-0.3, -0.25) is 9.80 Å². The second-order valence-electron chi connectivity index (χ2n) is 5.88. The molecular formula is C13H24F3N3. The number of hydrogen-bond acceptors (Lipinski definition) is 3. The zero-order chi connectivity index (χ0) is 14.0. The molecule has 19 heavy (non-hydrogen) atoms. The Kier molecular flexibility index (Phi) is 4.74. The fourth-order valence-corrected chi connectivity index (χ4v) is 3.15. The van der Waals surface area contributed by atoms with Gasteiger partial charge < -0.3 is 5.32 Å².